The fourth-order valence-electron chi connectivity index (χ4n) is 2.90. The standard InChI is InChI=1S/C10H20NO5.BrH/c12-6-7-9(14)10(15)8(13)5-11(7)1-3-16-4-2-11;/h7-10,12-15H,1-6H2;1H/q+1;/p-1/t7-,8+,9-,10-;/m1./s1. The summed E-state index contributed by atoms with van der Waals surface area (Å²) in [5.74, 6) is 0. The molecule has 0 aliphatic carbocycles. The fraction of sp³-hybridized carbons (Fsp3) is 1.00. The van der Waals surface area contributed by atoms with E-state index in [2.05, 4.69) is 0 Å². The van der Waals surface area contributed by atoms with Crippen molar-refractivity contribution >= 4 is 0 Å². The van der Waals surface area contributed by atoms with Gasteiger partial charge in [0, 0.05) is 0 Å². The van der Waals surface area contributed by atoms with Crippen molar-refractivity contribution in [3.05, 3.63) is 0 Å². The van der Waals surface area contributed by atoms with Crippen LogP contribution in [0.5, 0.6) is 0 Å². The first-order valence-electron chi connectivity index (χ1n) is 5.69. The van der Waals surface area contributed by atoms with Crippen molar-refractivity contribution in [2.75, 3.05) is 39.5 Å². The van der Waals surface area contributed by atoms with Crippen LogP contribution < -0.4 is 17.0 Å². The second-order valence-electron chi connectivity index (χ2n) is 4.76. The molecule has 4 N–H and O–H groups in total. The third-order valence-electron chi connectivity index (χ3n) is 3.94. The third kappa shape index (κ3) is 2.65. The molecule has 2 rings (SSSR count). The summed E-state index contributed by atoms with van der Waals surface area (Å²) in [4.78, 5) is 0. The number of hydrogen-bond acceptors (Lipinski definition) is 5. The Balaban J connectivity index is 0.00000144. The molecule has 0 unspecified atom stereocenters. The predicted octanol–water partition coefficient (Wildman–Crippen LogP) is -5.71. The Kier molecular flexibility index (Phi) is 5.33. The molecule has 17 heavy (non-hydrogen) atoms. The smallest absolute Gasteiger partial charge is 0.141 e. The van der Waals surface area contributed by atoms with Gasteiger partial charge in [0.15, 0.2) is 0 Å². The van der Waals surface area contributed by atoms with Gasteiger partial charge in [-0.15, -0.1) is 0 Å². The Morgan fingerprint density at radius 2 is 1.65 bits per heavy atom. The van der Waals surface area contributed by atoms with E-state index in [0.717, 1.165) is 0 Å². The van der Waals surface area contributed by atoms with Crippen LogP contribution in [0.2, 0.25) is 0 Å². The summed E-state index contributed by atoms with van der Waals surface area (Å²) in [6.45, 7) is 2.62. The van der Waals surface area contributed by atoms with Crippen molar-refractivity contribution in [3.8, 4) is 0 Å². The maximum atomic E-state index is 9.90. The van der Waals surface area contributed by atoms with Crippen molar-refractivity contribution in [3.63, 3.8) is 0 Å². The molecular weight excluding hydrogens is 294 g/mol. The maximum absolute atomic E-state index is 9.90. The van der Waals surface area contributed by atoms with E-state index in [9.17, 15) is 20.4 Å². The molecule has 2 aliphatic rings. The predicted molar refractivity (Wildman–Crippen MR) is 54.6 cm³/mol. The van der Waals surface area contributed by atoms with E-state index in [-0.39, 0.29) is 23.6 Å². The monoisotopic (exact) mass is 313 g/mol. The first-order valence-corrected chi connectivity index (χ1v) is 5.69. The van der Waals surface area contributed by atoms with Crippen molar-refractivity contribution in [1.29, 1.82) is 0 Å². The molecule has 0 radical (unpaired) electrons. The van der Waals surface area contributed by atoms with Crippen LogP contribution in [-0.2, 0) is 4.74 Å². The van der Waals surface area contributed by atoms with Crippen molar-refractivity contribution in [2.45, 2.75) is 24.4 Å². The number of halogens is 1. The quantitative estimate of drug-likeness (QED) is 0.362. The number of hydrogen-bond donors (Lipinski definition) is 4. The third-order valence-corrected chi connectivity index (χ3v) is 3.94. The van der Waals surface area contributed by atoms with Gasteiger partial charge in [-0.25, -0.2) is 0 Å². The van der Waals surface area contributed by atoms with Gasteiger partial charge in [0.1, 0.15) is 44.0 Å². The number of quaternary nitrogens is 1. The molecule has 0 bridgehead atoms. The largest absolute Gasteiger partial charge is 1.00 e. The zero-order chi connectivity index (χ0) is 11.8. The van der Waals surface area contributed by atoms with Gasteiger partial charge < -0.3 is 46.6 Å². The Labute approximate surface area is 111 Å². The SMILES string of the molecule is OC[C@@H]1[C@@H](O)[C@H](O)[C@@H](O)C[N+]12CCOCC2.[Br-]. The first kappa shape index (κ1) is 15.3. The fourth-order valence-corrected chi connectivity index (χ4v) is 2.90. The summed E-state index contributed by atoms with van der Waals surface area (Å²) < 4.78 is 5.70. The molecule has 2 fully saturated rings. The minimum absolute atomic E-state index is 0. The first-order chi connectivity index (χ1) is 7.60. The number of morpholine rings is 1. The molecule has 102 valence electrons. The van der Waals surface area contributed by atoms with E-state index in [0.29, 0.717) is 37.3 Å². The summed E-state index contributed by atoms with van der Waals surface area (Å²) in [6, 6.07) is -0.428. The summed E-state index contributed by atoms with van der Waals surface area (Å²) in [7, 11) is 0. The van der Waals surface area contributed by atoms with Crippen LogP contribution in [0.4, 0.5) is 0 Å². The van der Waals surface area contributed by atoms with Crippen molar-refractivity contribution in [2.24, 2.45) is 0 Å². The topological polar surface area (TPSA) is 90.2 Å². The highest BCUT2D eigenvalue weighted by Crippen LogP contribution is 2.28. The van der Waals surface area contributed by atoms with E-state index in [4.69, 9.17) is 4.74 Å². The molecule has 6 nitrogen and oxygen atoms in total. The Morgan fingerprint density at radius 1 is 1.06 bits per heavy atom. The highest BCUT2D eigenvalue weighted by atomic mass is 79.9. The molecule has 0 aromatic heterocycles. The Bertz CT molecular complexity index is 249. The van der Waals surface area contributed by atoms with Gasteiger partial charge in [0.2, 0.25) is 0 Å². The lowest BCUT2D eigenvalue weighted by molar-refractivity contribution is -0.969. The van der Waals surface area contributed by atoms with E-state index in [1.807, 2.05) is 0 Å². The van der Waals surface area contributed by atoms with E-state index in [1.165, 1.54) is 0 Å². The van der Waals surface area contributed by atoms with Crippen LogP contribution >= 0.6 is 0 Å². The normalized spacial score (nSPS) is 40.9. The summed E-state index contributed by atoms with van der Waals surface area (Å²) in [5, 5.41) is 38.6. The van der Waals surface area contributed by atoms with Crippen LogP contribution in [0.1, 0.15) is 0 Å². The van der Waals surface area contributed by atoms with E-state index >= 15 is 0 Å². The number of ether oxygens (including phenoxy) is 1. The number of aliphatic hydroxyl groups is 4. The van der Waals surface area contributed by atoms with Crippen LogP contribution in [-0.4, -0.2) is 88.7 Å². The van der Waals surface area contributed by atoms with Gasteiger partial charge in [-0.2, -0.15) is 0 Å². The lowest BCUT2D eigenvalue weighted by Gasteiger charge is -2.53. The van der Waals surface area contributed by atoms with Crippen LogP contribution in [0.15, 0.2) is 0 Å². The molecule has 4 atom stereocenters. The Morgan fingerprint density at radius 3 is 2.18 bits per heavy atom. The van der Waals surface area contributed by atoms with E-state index < -0.39 is 24.4 Å². The minimum Gasteiger partial charge on any atom is -1.00 e. The van der Waals surface area contributed by atoms with Crippen LogP contribution in [0, 0.1) is 0 Å². The van der Waals surface area contributed by atoms with Crippen molar-refractivity contribution in [1.82, 2.24) is 0 Å². The molecule has 0 aromatic carbocycles. The Hall–Kier alpha value is 0.240. The van der Waals surface area contributed by atoms with Gasteiger partial charge in [-0.3, -0.25) is 0 Å². The van der Waals surface area contributed by atoms with Crippen molar-refractivity contribution < 1.29 is 46.6 Å². The number of rotatable bonds is 1. The number of piperidine rings is 1. The summed E-state index contributed by atoms with van der Waals surface area (Å²) in [5.41, 5.74) is 0. The van der Waals surface area contributed by atoms with E-state index in [1.54, 1.807) is 0 Å². The van der Waals surface area contributed by atoms with Crippen LogP contribution in [0.3, 0.4) is 0 Å². The second-order valence-corrected chi connectivity index (χ2v) is 4.76. The minimum atomic E-state index is -1.16. The highest BCUT2D eigenvalue weighted by Gasteiger charge is 2.52. The molecule has 7 heteroatoms. The van der Waals surface area contributed by atoms with Gasteiger partial charge in [0.05, 0.1) is 19.8 Å². The average Bonchev–Trinajstić information content (AvgIpc) is 2.28. The molecule has 1 spiro atoms. The zero-order valence-electron chi connectivity index (χ0n) is 9.57. The molecule has 2 aliphatic heterocycles. The molecule has 2 saturated heterocycles. The van der Waals surface area contributed by atoms with Gasteiger partial charge in [-0.05, 0) is 0 Å². The molecular formula is C10H20BrNO5. The molecule has 2 heterocycles. The average molecular weight is 314 g/mol. The second kappa shape index (κ2) is 5.92. The van der Waals surface area contributed by atoms with Crippen LogP contribution in [0.25, 0.3) is 0 Å². The maximum Gasteiger partial charge on any atom is 0.141 e. The lowest BCUT2D eigenvalue weighted by atomic mass is 9.90. The molecule has 0 saturated carbocycles. The summed E-state index contributed by atoms with van der Waals surface area (Å²) >= 11 is 0. The lowest BCUT2D eigenvalue weighted by Crippen LogP contribution is -3.00. The summed E-state index contributed by atoms with van der Waals surface area (Å²) in [6.07, 6.45) is -3.17. The molecule has 0 amide bonds. The number of aliphatic hydroxyl groups excluding tert-OH is 4. The van der Waals surface area contributed by atoms with Gasteiger partial charge >= 0.3 is 0 Å². The highest BCUT2D eigenvalue weighted by molar-refractivity contribution is 4.88. The van der Waals surface area contributed by atoms with Gasteiger partial charge in [-0.1, -0.05) is 0 Å². The molecule has 0 aromatic rings. The number of nitrogens with zero attached hydrogens (tertiary/aromatic N) is 1. The zero-order valence-corrected chi connectivity index (χ0v) is 11.2. The van der Waals surface area contributed by atoms with Gasteiger partial charge in [0.25, 0.3) is 0 Å².